The molecule has 2 aromatic rings. The van der Waals surface area contributed by atoms with Gasteiger partial charge >= 0.3 is 6.09 Å². The van der Waals surface area contributed by atoms with Gasteiger partial charge in [0.25, 0.3) is 0 Å². The van der Waals surface area contributed by atoms with E-state index in [-0.39, 0.29) is 18.8 Å². The van der Waals surface area contributed by atoms with Crippen LogP contribution in [0, 0.1) is 6.92 Å². The Morgan fingerprint density at radius 2 is 2.12 bits per heavy atom. The Morgan fingerprint density at radius 1 is 1.31 bits per heavy atom. The van der Waals surface area contributed by atoms with Crippen LogP contribution in [0.4, 0.5) is 10.5 Å². The van der Waals surface area contributed by atoms with Crippen molar-refractivity contribution in [2.45, 2.75) is 32.1 Å². The van der Waals surface area contributed by atoms with Crippen molar-refractivity contribution in [3.8, 4) is 0 Å². The number of aryl methyl sites for hydroxylation is 1. The molecule has 1 amide bonds. The molecule has 2 heterocycles. The fraction of sp³-hybridized carbons (Fsp3) is 0.400. The number of carbonyl (C=O) groups excluding carboxylic acids is 1. The van der Waals surface area contributed by atoms with Gasteiger partial charge in [0.15, 0.2) is 0 Å². The first-order valence-electron chi connectivity index (χ1n) is 8.83. The highest BCUT2D eigenvalue weighted by molar-refractivity contribution is 5.67. The van der Waals surface area contributed by atoms with Gasteiger partial charge in [0.1, 0.15) is 6.61 Å². The van der Waals surface area contributed by atoms with E-state index < -0.39 is 6.09 Å². The van der Waals surface area contributed by atoms with Crippen molar-refractivity contribution in [2.75, 3.05) is 25.1 Å². The third-order valence-electron chi connectivity index (χ3n) is 4.62. The van der Waals surface area contributed by atoms with Crippen molar-refractivity contribution >= 4 is 11.8 Å². The van der Waals surface area contributed by atoms with Crippen molar-refractivity contribution < 1.29 is 14.3 Å². The predicted molar refractivity (Wildman–Crippen MR) is 100 cm³/mol. The number of ether oxygens (including phenoxy) is 2. The van der Waals surface area contributed by atoms with E-state index in [1.54, 1.807) is 7.11 Å². The minimum Gasteiger partial charge on any atom is -0.445 e. The Morgan fingerprint density at radius 3 is 2.85 bits per heavy atom. The van der Waals surface area contributed by atoms with Crippen LogP contribution in [0.5, 0.6) is 0 Å². The summed E-state index contributed by atoms with van der Waals surface area (Å²) in [7, 11) is 1.68. The van der Waals surface area contributed by atoms with Gasteiger partial charge in [-0.3, -0.25) is 4.98 Å². The van der Waals surface area contributed by atoms with Crippen LogP contribution >= 0.6 is 0 Å². The van der Waals surface area contributed by atoms with Crippen LogP contribution in [-0.2, 0) is 16.1 Å². The number of pyridine rings is 1. The summed E-state index contributed by atoms with van der Waals surface area (Å²) in [5.74, 6) is 0. The lowest BCUT2D eigenvalue weighted by Crippen LogP contribution is -2.55. The first kappa shape index (κ1) is 18.2. The lowest BCUT2D eigenvalue weighted by atomic mass is 10.0. The van der Waals surface area contributed by atoms with Gasteiger partial charge in [-0.05, 0) is 31.0 Å². The second-order valence-electron chi connectivity index (χ2n) is 6.48. The third kappa shape index (κ3) is 4.73. The van der Waals surface area contributed by atoms with Gasteiger partial charge in [0, 0.05) is 37.8 Å². The summed E-state index contributed by atoms with van der Waals surface area (Å²) >= 11 is 0. The molecule has 6 nitrogen and oxygen atoms in total. The average molecular weight is 355 g/mol. The van der Waals surface area contributed by atoms with Crippen LogP contribution in [0.3, 0.4) is 0 Å². The topological polar surface area (TPSA) is 63.7 Å². The Kier molecular flexibility index (Phi) is 6.07. The van der Waals surface area contributed by atoms with Crippen molar-refractivity contribution in [1.82, 2.24) is 10.3 Å². The van der Waals surface area contributed by atoms with E-state index in [9.17, 15) is 4.79 Å². The first-order valence-corrected chi connectivity index (χ1v) is 8.83. The van der Waals surface area contributed by atoms with E-state index in [1.807, 2.05) is 49.5 Å². The Labute approximate surface area is 154 Å². The highest BCUT2D eigenvalue weighted by Gasteiger charge is 2.31. The van der Waals surface area contributed by atoms with E-state index in [1.165, 1.54) is 0 Å². The zero-order valence-corrected chi connectivity index (χ0v) is 15.2. The molecule has 6 heteroatoms. The molecule has 2 atom stereocenters. The maximum atomic E-state index is 12.1. The number of alkyl carbamates (subject to hydrolysis) is 1. The monoisotopic (exact) mass is 355 g/mol. The maximum Gasteiger partial charge on any atom is 0.407 e. The molecule has 1 aliphatic heterocycles. The van der Waals surface area contributed by atoms with Crippen LogP contribution < -0.4 is 10.2 Å². The molecule has 26 heavy (non-hydrogen) atoms. The number of nitrogens with zero attached hydrogens (tertiary/aromatic N) is 2. The van der Waals surface area contributed by atoms with Gasteiger partial charge in [-0.15, -0.1) is 0 Å². The third-order valence-corrected chi connectivity index (χ3v) is 4.62. The van der Waals surface area contributed by atoms with Gasteiger partial charge < -0.3 is 19.7 Å². The number of carbonyl (C=O) groups is 1. The summed E-state index contributed by atoms with van der Waals surface area (Å²) in [5, 5.41) is 2.95. The number of amides is 1. The summed E-state index contributed by atoms with van der Waals surface area (Å²) in [4.78, 5) is 18.6. The van der Waals surface area contributed by atoms with Crippen LogP contribution in [0.15, 0.2) is 48.7 Å². The number of methoxy groups -OCH3 is 1. The first-order chi connectivity index (χ1) is 12.7. The van der Waals surface area contributed by atoms with Crippen LogP contribution in [0.25, 0.3) is 0 Å². The number of rotatable bonds is 5. The number of nitrogens with one attached hydrogen (secondary N) is 1. The molecule has 1 aliphatic rings. The van der Waals surface area contributed by atoms with Gasteiger partial charge in [0.2, 0.25) is 0 Å². The Bertz CT molecular complexity index is 723. The second kappa shape index (κ2) is 8.67. The van der Waals surface area contributed by atoms with Gasteiger partial charge in [-0.25, -0.2) is 4.79 Å². The molecule has 1 N–H and O–H groups in total. The van der Waals surface area contributed by atoms with E-state index in [2.05, 4.69) is 21.3 Å². The fourth-order valence-electron chi connectivity index (χ4n) is 3.20. The molecule has 1 saturated heterocycles. The molecular formula is C20H25N3O3. The van der Waals surface area contributed by atoms with Crippen LogP contribution in [0.1, 0.15) is 17.7 Å². The predicted octanol–water partition coefficient (Wildman–Crippen LogP) is 2.91. The zero-order chi connectivity index (χ0) is 18.4. The average Bonchev–Trinajstić information content (AvgIpc) is 2.67. The molecule has 0 bridgehead atoms. The molecule has 0 spiro atoms. The van der Waals surface area contributed by atoms with Crippen LogP contribution in [0.2, 0.25) is 0 Å². The molecule has 138 valence electrons. The lowest BCUT2D eigenvalue weighted by molar-refractivity contribution is 0.0546. The summed E-state index contributed by atoms with van der Waals surface area (Å²) in [6.45, 7) is 3.80. The van der Waals surface area contributed by atoms with E-state index in [0.717, 1.165) is 29.9 Å². The minimum absolute atomic E-state index is 0.0672. The van der Waals surface area contributed by atoms with Crippen molar-refractivity contribution in [1.29, 1.82) is 0 Å². The molecule has 0 radical (unpaired) electrons. The normalized spacial score (nSPS) is 19.8. The highest BCUT2D eigenvalue weighted by Crippen LogP contribution is 2.22. The van der Waals surface area contributed by atoms with Crippen molar-refractivity contribution in [3.63, 3.8) is 0 Å². The molecule has 0 saturated carbocycles. The Hall–Kier alpha value is -2.60. The smallest absolute Gasteiger partial charge is 0.407 e. The molecule has 1 aromatic heterocycles. The zero-order valence-electron chi connectivity index (χ0n) is 15.2. The Balaban J connectivity index is 1.53. The van der Waals surface area contributed by atoms with Gasteiger partial charge in [-0.2, -0.15) is 0 Å². The number of hydrogen-bond acceptors (Lipinski definition) is 5. The van der Waals surface area contributed by atoms with Crippen LogP contribution in [-0.4, -0.2) is 43.4 Å². The minimum atomic E-state index is -0.408. The molecule has 1 fully saturated rings. The summed E-state index contributed by atoms with van der Waals surface area (Å²) < 4.78 is 10.9. The standard InChI is InChI=1S/C20H25N3O3/c1-15-12-17(8-10-21-15)23-11-9-18(19(13-23)25-2)22-20(24)26-14-16-6-4-3-5-7-16/h3-8,10,12,18-19H,9,11,13-14H2,1-2H3,(H,22,24)/t18-,19+/m0/s1. The van der Waals surface area contributed by atoms with E-state index in [0.29, 0.717) is 6.54 Å². The van der Waals surface area contributed by atoms with E-state index >= 15 is 0 Å². The van der Waals surface area contributed by atoms with Gasteiger partial charge in [-0.1, -0.05) is 30.3 Å². The molecular weight excluding hydrogens is 330 g/mol. The summed E-state index contributed by atoms with van der Waals surface area (Å²) in [6.07, 6.45) is 2.11. The fourth-order valence-corrected chi connectivity index (χ4v) is 3.20. The maximum absolute atomic E-state index is 12.1. The SMILES string of the molecule is CO[C@@H]1CN(c2ccnc(C)c2)CC[C@@H]1NC(=O)OCc1ccccc1. The molecule has 3 rings (SSSR count). The second-order valence-corrected chi connectivity index (χ2v) is 6.48. The van der Waals surface area contributed by atoms with E-state index in [4.69, 9.17) is 9.47 Å². The number of anilines is 1. The summed E-state index contributed by atoms with van der Waals surface area (Å²) in [6, 6.07) is 13.6. The molecule has 0 aliphatic carbocycles. The lowest BCUT2D eigenvalue weighted by Gasteiger charge is -2.39. The molecule has 0 unspecified atom stereocenters. The van der Waals surface area contributed by atoms with Crippen molar-refractivity contribution in [3.05, 3.63) is 59.9 Å². The largest absolute Gasteiger partial charge is 0.445 e. The van der Waals surface area contributed by atoms with Crippen molar-refractivity contribution in [2.24, 2.45) is 0 Å². The number of benzene rings is 1. The highest BCUT2D eigenvalue weighted by atomic mass is 16.5. The quantitative estimate of drug-likeness (QED) is 0.893. The number of piperidine rings is 1. The number of hydrogen-bond donors (Lipinski definition) is 1. The number of aromatic nitrogens is 1. The molecule has 1 aromatic carbocycles. The van der Waals surface area contributed by atoms with Gasteiger partial charge in [0.05, 0.1) is 12.1 Å². The summed E-state index contributed by atoms with van der Waals surface area (Å²) in [5.41, 5.74) is 3.08.